The number of rotatable bonds is 5. The summed E-state index contributed by atoms with van der Waals surface area (Å²) in [6.07, 6.45) is 7.90. The molecule has 0 unspecified atom stereocenters. The molecule has 0 radical (unpaired) electrons. The Labute approximate surface area is 134 Å². The van der Waals surface area contributed by atoms with Gasteiger partial charge in [0.05, 0.1) is 0 Å². The van der Waals surface area contributed by atoms with Crippen LogP contribution in [-0.2, 0) is 11.2 Å². The predicted molar refractivity (Wildman–Crippen MR) is 89.7 cm³/mol. The highest BCUT2D eigenvalue weighted by molar-refractivity contribution is 5.79. The maximum Gasteiger partial charge on any atom is 0.226 e. The van der Waals surface area contributed by atoms with E-state index >= 15 is 0 Å². The smallest absolute Gasteiger partial charge is 0.226 e. The van der Waals surface area contributed by atoms with Crippen molar-refractivity contribution in [3.8, 4) is 0 Å². The van der Waals surface area contributed by atoms with Gasteiger partial charge >= 0.3 is 0 Å². The summed E-state index contributed by atoms with van der Waals surface area (Å²) in [4.78, 5) is 15.0. The molecule has 2 saturated heterocycles. The lowest BCUT2D eigenvalue weighted by molar-refractivity contribution is -0.137. The van der Waals surface area contributed by atoms with Crippen LogP contribution in [0.25, 0.3) is 0 Å². The van der Waals surface area contributed by atoms with Crippen LogP contribution in [-0.4, -0.2) is 36.5 Å². The molecule has 0 spiro atoms. The molecule has 1 amide bonds. The quantitative estimate of drug-likeness (QED) is 0.906. The summed E-state index contributed by atoms with van der Waals surface area (Å²) in [6, 6.07) is 11.2. The SMILES string of the molecule is O=C(C1CCNCC1)N1CCC[C@@H]1CCCc1ccccc1. The summed E-state index contributed by atoms with van der Waals surface area (Å²) < 4.78 is 0. The van der Waals surface area contributed by atoms with Gasteiger partial charge in [-0.05, 0) is 63.6 Å². The third kappa shape index (κ3) is 3.89. The van der Waals surface area contributed by atoms with Gasteiger partial charge in [-0.3, -0.25) is 4.79 Å². The molecule has 2 aliphatic rings. The van der Waals surface area contributed by atoms with Gasteiger partial charge in [-0.2, -0.15) is 0 Å². The normalized spacial score (nSPS) is 22.9. The topological polar surface area (TPSA) is 32.3 Å². The molecular weight excluding hydrogens is 272 g/mol. The van der Waals surface area contributed by atoms with Crippen molar-refractivity contribution in [1.82, 2.24) is 10.2 Å². The average molecular weight is 300 g/mol. The Morgan fingerprint density at radius 1 is 1.14 bits per heavy atom. The van der Waals surface area contributed by atoms with E-state index in [0.717, 1.165) is 45.3 Å². The number of aryl methyl sites for hydroxylation is 1. The molecule has 2 heterocycles. The van der Waals surface area contributed by atoms with Crippen molar-refractivity contribution in [1.29, 1.82) is 0 Å². The Bertz CT molecular complexity index is 468. The number of piperidine rings is 1. The Balaban J connectivity index is 1.48. The second-order valence-electron chi connectivity index (χ2n) is 6.73. The molecule has 3 rings (SSSR count). The zero-order chi connectivity index (χ0) is 15.2. The number of amides is 1. The van der Waals surface area contributed by atoms with E-state index in [1.807, 2.05) is 0 Å². The van der Waals surface area contributed by atoms with Gasteiger partial charge in [-0.1, -0.05) is 30.3 Å². The molecule has 1 aromatic carbocycles. The molecule has 3 heteroatoms. The second-order valence-corrected chi connectivity index (χ2v) is 6.73. The number of carbonyl (C=O) groups is 1. The van der Waals surface area contributed by atoms with Crippen molar-refractivity contribution in [3.05, 3.63) is 35.9 Å². The average Bonchev–Trinajstić information content (AvgIpc) is 3.04. The first-order valence-electron chi connectivity index (χ1n) is 8.90. The third-order valence-corrected chi connectivity index (χ3v) is 5.19. The van der Waals surface area contributed by atoms with E-state index < -0.39 is 0 Å². The van der Waals surface area contributed by atoms with Crippen LogP contribution in [0, 0.1) is 5.92 Å². The van der Waals surface area contributed by atoms with Crippen molar-refractivity contribution in [2.24, 2.45) is 5.92 Å². The Hall–Kier alpha value is -1.35. The Morgan fingerprint density at radius 2 is 1.91 bits per heavy atom. The molecule has 120 valence electrons. The van der Waals surface area contributed by atoms with E-state index in [0.29, 0.717) is 11.9 Å². The van der Waals surface area contributed by atoms with Gasteiger partial charge in [-0.25, -0.2) is 0 Å². The number of carbonyl (C=O) groups excluding carboxylic acids is 1. The second kappa shape index (κ2) is 7.77. The van der Waals surface area contributed by atoms with Crippen molar-refractivity contribution in [2.75, 3.05) is 19.6 Å². The molecule has 1 atom stereocenters. The first-order valence-corrected chi connectivity index (χ1v) is 8.90. The zero-order valence-corrected chi connectivity index (χ0v) is 13.5. The summed E-state index contributed by atoms with van der Waals surface area (Å²) >= 11 is 0. The number of nitrogens with zero attached hydrogens (tertiary/aromatic N) is 1. The fraction of sp³-hybridized carbons (Fsp3) is 0.632. The number of benzene rings is 1. The van der Waals surface area contributed by atoms with Crippen LogP contribution >= 0.6 is 0 Å². The molecule has 22 heavy (non-hydrogen) atoms. The molecule has 0 bridgehead atoms. The van der Waals surface area contributed by atoms with Gasteiger partial charge in [-0.15, -0.1) is 0 Å². The largest absolute Gasteiger partial charge is 0.339 e. The highest BCUT2D eigenvalue weighted by Crippen LogP contribution is 2.26. The van der Waals surface area contributed by atoms with Crippen molar-refractivity contribution >= 4 is 5.91 Å². The molecule has 1 aromatic rings. The first kappa shape index (κ1) is 15.5. The summed E-state index contributed by atoms with van der Waals surface area (Å²) in [5.74, 6) is 0.708. The van der Waals surface area contributed by atoms with Crippen molar-refractivity contribution in [3.63, 3.8) is 0 Å². The monoisotopic (exact) mass is 300 g/mol. The number of nitrogens with one attached hydrogen (secondary N) is 1. The molecular formula is C19H28N2O. The van der Waals surface area contributed by atoms with Crippen molar-refractivity contribution in [2.45, 2.75) is 51.0 Å². The van der Waals surface area contributed by atoms with Gasteiger partial charge in [0.1, 0.15) is 0 Å². The van der Waals surface area contributed by atoms with E-state index in [-0.39, 0.29) is 5.92 Å². The summed E-state index contributed by atoms with van der Waals surface area (Å²) in [7, 11) is 0. The van der Waals surface area contributed by atoms with Gasteiger partial charge in [0.15, 0.2) is 0 Å². The summed E-state index contributed by atoms with van der Waals surface area (Å²) in [5.41, 5.74) is 1.41. The van der Waals surface area contributed by atoms with E-state index in [1.165, 1.54) is 24.8 Å². The predicted octanol–water partition coefficient (Wildman–Crippen LogP) is 3.00. The van der Waals surface area contributed by atoms with E-state index in [4.69, 9.17) is 0 Å². The minimum Gasteiger partial charge on any atom is -0.339 e. The van der Waals surface area contributed by atoms with Gasteiger partial charge in [0.2, 0.25) is 5.91 Å². The standard InChI is InChI=1S/C19H28N2O/c22-19(17-11-13-20-14-12-17)21-15-5-10-18(21)9-4-8-16-6-2-1-3-7-16/h1-3,6-7,17-18,20H,4-5,8-15H2/t18-/m0/s1. The zero-order valence-electron chi connectivity index (χ0n) is 13.5. The number of hydrogen-bond donors (Lipinski definition) is 1. The number of hydrogen-bond acceptors (Lipinski definition) is 2. The van der Waals surface area contributed by atoms with E-state index in [9.17, 15) is 4.79 Å². The van der Waals surface area contributed by atoms with Gasteiger partial charge in [0.25, 0.3) is 0 Å². The van der Waals surface area contributed by atoms with Crippen LogP contribution in [0.1, 0.15) is 44.1 Å². The van der Waals surface area contributed by atoms with Crippen LogP contribution in [0.5, 0.6) is 0 Å². The van der Waals surface area contributed by atoms with Crippen LogP contribution in [0.15, 0.2) is 30.3 Å². The van der Waals surface area contributed by atoms with Crippen LogP contribution < -0.4 is 5.32 Å². The van der Waals surface area contributed by atoms with E-state index in [1.54, 1.807) is 0 Å². The number of likely N-dealkylation sites (tertiary alicyclic amines) is 1. The maximum absolute atomic E-state index is 12.7. The maximum atomic E-state index is 12.7. The van der Waals surface area contributed by atoms with Gasteiger partial charge in [0, 0.05) is 18.5 Å². The van der Waals surface area contributed by atoms with Crippen LogP contribution in [0.3, 0.4) is 0 Å². The molecule has 0 aromatic heterocycles. The lowest BCUT2D eigenvalue weighted by atomic mass is 9.95. The van der Waals surface area contributed by atoms with Crippen molar-refractivity contribution < 1.29 is 4.79 Å². The molecule has 3 nitrogen and oxygen atoms in total. The highest BCUT2D eigenvalue weighted by atomic mass is 16.2. The highest BCUT2D eigenvalue weighted by Gasteiger charge is 2.33. The third-order valence-electron chi connectivity index (χ3n) is 5.19. The first-order chi connectivity index (χ1) is 10.8. The fourth-order valence-corrected chi connectivity index (χ4v) is 3.92. The van der Waals surface area contributed by atoms with Crippen LogP contribution in [0.4, 0.5) is 0 Å². The lowest BCUT2D eigenvalue weighted by Crippen LogP contribution is -2.43. The summed E-state index contributed by atoms with van der Waals surface area (Å²) in [5, 5.41) is 3.35. The molecule has 0 saturated carbocycles. The van der Waals surface area contributed by atoms with Crippen LogP contribution in [0.2, 0.25) is 0 Å². The Kier molecular flexibility index (Phi) is 5.49. The Morgan fingerprint density at radius 3 is 2.68 bits per heavy atom. The minimum atomic E-state index is 0.274. The molecule has 1 N–H and O–H groups in total. The molecule has 2 fully saturated rings. The van der Waals surface area contributed by atoms with E-state index in [2.05, 4.69) is 40.5 Å². The lowest BCUT2D eigenvalue weighted by Gasteiger charge is -2.31. The fourth-order valence-electron chi connectivity index (χ4n) is 3.92. The minimum absolute atomic E-state index is 0.274. The van der Waals surface area contributed by atoms with Gasteiger partial charge < -0.3 is 10.2 Å². The molecule has 2 aliphatic heterocycles. The molecule has 0 aliphatic carbocycles. The summed E-state index contributed by atoms with van der Waals surface area (Å²) in [6.45, 7) is 2.99.